The van der Waals surface area contributed by atoms with Crippen LogP contribution >= 0.6 is 0 Å². The molecule has 0 spiro atoms. The lowest BCUT2D eigenvalue weighted by Gasteiger charge is -2.34. The van der Waals surface area contributed by atoms with Crippen molar-refractivity contribution in [1.29, 1.82) is 0 Å². The standard InChI is InChI=1S/C73H51N3/c1-6-21-52(22-7-1)54-37-40-60(41-38-54)75(63-32-20-25-55(49-63)53-23-8-2-9-24-53)61-42-44-62(45-43-61)76-71-47-39-57(73(56-26-10-3-11-27-56)69-35-18-16-33-65(69)66-34-17-19-36-70(66)73)50-67(71)68-51-64(46-48-72(68)76)74(58-28-12-4-13-29-58)59-30-14-5-15-31-59/h1-51H. The molecule has 12 aromatic carbocycles. The highest BCUT2D eigenvalue weighted by Crippen LogP contribution is 2.57. The van der Waals surface area contributed by atoms with Gasteiger partial charge in [0.15, 0.2) is 0 Å². The first-order chi connectivity index (χ1) is 37.7. The van der Waals surface area contributed by atoms with Crippen molar-refractivity contribution in [2.24, 2.45) is 0 Å². The van der Waals surface area contributed by atoms with Crippen LogP contribution in [0.15, 0.2) is 309 Å². The van der Waals surface area contributed by atoms with Crippen LogP contribution in [0.2, 0.25) is 0 Å². The van der Waals surface area contributed by atoms with E-state index in [4.69, 9.17) is 0 Å². The van der Waals surface area contributed by atoms with Gasteiger partial charge in [0.1, 0.15) is 0 Å². The highest BCUT2D eigenvalue weighted by atomic mass is 15.1. The van der Waals surface area contributed by atoms with Crippen LogP contribution < -0.4 is 9.80 Å². The van der Waals surface area contributed by atoms with Crippen LogP contribution in [0.4, 0.5) is 34.1 Å². The quantitative estimate of drug-likeness (QED) is 0.128. The summed E-state index contributed by atoms with van der Waals surface area (Å²) in [7, 11) is 0. The van der Waals surface area contributed by atoms with Gasteiger partial charge in [-0.25, -0.2) is 0 Å². The summed E-state index contributed by atoms with van der Waals surface area (Å²) < 4.78 is 2.46. The Kier molecular flexibility index (Phi) is 11.1. The molecule has 0 unspecified atom stereocenters. The number of para-hydroxylation sites is 2. The molecular formula is C73H51N3. The molecule has 0 bridgehead atoms. The number of fused-ring (bicyclic) bond motifs is 6. The van der Waals surface area contributed by atoms with Crippen molar-refractivity contribution >= 4 is 55.9 Å². The molecule has 14 rings (SSSR count). The van der Waals surface area contributed by atoms with Gasteiger partial charge in [0.05, 0.1) is 16.4 Å². The van der Waals surface area contributed by atoms with Gasteiger partial charge in [0, 0.05) is 50.6 Å². The minimum atomic E-state index is -0.545. The average molecular weight is 970 g/mol. The third kappa shape index (κ3) is 7.51. The van der Waals surface area contributed by atoms with Gasteiger partial charge in [-0.15, -0.1) is 0 Å². The summed E-state index contributed by atoms with van der Waals surface area (Å²) in [6, 6.07) is 113. The van der Waals surface area contributed by atoms with E-state index in [1.807, 2.05) is 0 Å². The van der Waals surface area contributed by atoms with Crippen LogP contribution in [-0.2, 0) is 5.41 Å². The maximum Gasteiger partial charge on any atom is 0.0713 e. The van der Waals surface area contributed by atoms with Crippen molar-refractivity contribution in [3.8, 4) is 39.1 Å². The molecule has 1 aliphatic carbocycles. The molecular weight excluding hydrogens is 919 g/mol. The minimum absolute atomic E-state index is 0.545. The Morgan fingerprint density at radius 2 is 0.645 bits per heavy atom. The van der Waals surface area contributed by atoms with Gasteiger partial charge in [-0.05, 0) is 159 Å². The zero-order valence-electron chi connectivity index (χ0n) is 41.8. The third-order valence-electron chi connectivity index (χ3n) is 15.4. The largest absolute Gasteiger partial charge is 0.310 e. The molecule has 358 valence electrons. The molecule has 1 aliphatic rings. The molecule has 0 saturated carbocycles. The summed E-state index contributed by atoms with van der Waals surface area (Å²) in [6.07, 6.45) is 0. The van der Waals surface area contributed by atoms with Crippen LogP contribution in [0.3, 0.4) is 0 Å². The Morgan fingerprint density at radius 1 is 0.250 bits per heavy atom. The average Bonchev–Trinajstić information content (AvgIpc) is 4.02. The monoisotopic (exact) mass is 969 g/mol. The van der Waals surface area contributed by atoms with E-state index in [0.29, 0.717) is 0 Å². The fraction of sp³-hybridized carbons (Fsp3) is 0.0137. The molecule has 0 N–H and O–H groups in total. The Labute approximate surface area is 444 Å². The second kappa shape index (κ2) is 18.8. The van der Waals surface area contributed by atoms with Crippen LogP contribution in [-0.4, -0.2) is 4.57 Å². The van der Waals surface area contributed by atoms with Crippen LogP contribution in [0.5, 0.6) is 0 Å². The maximum atomic E-state index is 2.49. The predicted molar refractivity (Wildman–Crippen MR) is 318 cm³/mol. The van der Waals surface area contributed by atoms with Crippen molar-refractivity contribution in [2.45, 2.75) is 5.41 Å². The van der Waals surface area contributed by atoms with E-state index < -0.39 is 5.41 Å². The molecule has 0 fully saturated rings. The number of nitrogens with zero attached hydrogens (tertiary/aromatic N) is 3. The maximum absolute atomic E-state index is 2.49. The lowest BCUT2D eigenvalue weighted by Crippen LogP contribution is -2.28. The Balaban J connectivity index is 0.969. The number of hydrogen-bond acceptors (Lipinski definition) is 2. The van der Waals surface area contributed by atoms with E-state index in [-0.39, 0.29) is 0 Å². The van der Waals surface area contributed by atoms with E-state index >= 15 is 0 Å². The van der Waals surface area contributed by atoms with Gasteiger partial charge >= 0.3 is 0 Å². The third-order valence-corrected chi connectivity index (χ3v) is 15.4. The molecule has 0 aliphatic heterocycles. The normalized spacial score (nSPS) is 12.3. The number of rotatable bonds is 11. The second-order valence-electron chi connectivity index (χ2n) is 19.7. The summed E-state index contributed by atoms with van der Waals surface area (Å²) in [5.41, 5.74) is 21.7. The summed E-state index contributed by atoms with van der Waals surface area (Å²) in [5, 5.41) is 2.37. The van der Waals surface area contributed by atoms with Crippen molar-refractivity contribution in [2.75, 3.05) is 9.80 Å². The topological polar surface area (TPSA) is 11.4 Å². The number of anilines is 6. The number of aromatic nitrogens is 1. The van der Waals surface area contributed by atoms with Crippen molar-refractivity contribution in [1.82, 2.24) is 4.57 Å². The van der Waals surface area contributed by atoms with Gasteiger partial charge in [-0.3, -0.25) is 0 Å². The summed E-state index contributed by atoms with van der Waals surface area (Å²) >= 11 is 0. The molecule has 76 heavy (non-hydrogen) atoms. The first-order valence-corrected chi connectivity index (χ1v) is 26.2. The minimum Gasteiger partial charge on any atom is -0.310 e. The summed E-state index contributed by atoms with van der Waals surface area (Å²) in [5.74, 6) is 0. The molecule has 1 heterocycles. The van der Waals surface area contributed by atoms with Crippen LogP contribution in [0, 0.1) is 0 Å². The van der Waals surface area contributed by atoms with Gasteiger partial charge in [-0.1, -0.05) is 206 Å². The molecule has 0 radical (unpaired) electrons. The summed E-state index contributed by atoms with van der Waals surface area (Å²) in [6.45, 7) is 0. The van der Waals surface area contributed by atoms with E-state index in [9.17, 15) is 0 Å². The van der Waals surface area contributed by atoms with E-state index in [2.05, 4.69) is 324 Å². The van der Waals surface area contributed by atoms with Crippen molar-refractivity contribution in [3.63, 3.8) is 0 Å². The highest BCUT2D eigenvalue weighted by molar-refractivity contribution is 6.11. The first-order valence-electron chi connectivity index (χ1n) is 26.2. The fourth-order valence-corrected chi connectivity index (χ4v) is 12.1. The first kappa shape index (κ1) is 44.7. The number of benzene rings is 12. The second-order valence-corrected chi connectivity index (χ2v) is 19.7. The van der Waals surface area contributed by atoms with Gasteiger partial charge < -0.3 is 14.4 Å². The smallest absolute Gasteiger partial charge is 0.0713 e. The van der Waals surface area contributed by atoms with E-state index in [1.165, 1.54) is 66.4 Å². The molecule has 0 atom stereocenters. The zero-order chi connectivity index (χ0) is 50.4. The molecule has 3 heteroatoms. The van der Waals surface area contributed by atoms with Gasteiger partial charge in [0.2, 0.25) is 0 Å². The Bertz CT molecular complexity index is 4100. The Morgan fingerprint density at radius 3 is 1.22 bits per heavy atom. The van der Waals surface area contributed by atoms with Crippen molar-refractivity contribution < 1.29 is 0 Å². The fourth-order valence-electron chi connectivity index (χ4n) is 12.1. The molecule has 3 nitrogen and oxygen atoms in total. The SMILES string of the molecule is c1ccc(-c2ccc(N(c3ccc(-n4c5ccc(N(c6ccccc6)c6ccccc6)cc5c5cc(C6(c7ccccc7)c7ccccc7-c7ccccc76)ccc54)cc3)c3cccc(-c4ccccc4)c3)cc2)cc1. The molecule has 0 saturated heterocycles. The van der Waals surface area contributed by atoms with E-state index in [1.54, 1.807) is 0 Å². The highest BCUT2D eigenvalue weighted by Gasteiger charge is 2.46. The molecule has 13 aromatic rings. The van der Waals surface area contributed by atoms with Crippen molar-refractivity contribution in [3.05, 3.63) is 332 Å². The lowest BCUT2D eigenvalue weighted by atomic mass is 9.67. The van der Waals surface area contributed by atoms with Gasteiger partial charge in [0.25, 0.3) is 0 Å². The number of hydrogen-bond donors (Lipinski definition) is 0. The van der Waals surface area contributed by atoms with Crippen LogP contribution in [0.1, 0.15) is 22.3 Å². The van der Waals surface area contributed by atoms with E-state index in [0.717, 1.165) is 50.8 Å². The summed E-state index contributed by atoms with van der Waals surface area (Å²) in [4.78, 5) is 4.74. The lowest BCUT2D eigenvalue weighted by molar-refractivity contribution is 0.770. The predicted octanol–water partition coefficient (Wildman–Crippen LogP) is 19.4. The molecule has 0 amide bonds. The van der Waals surface area contributed by atoms with Gasteiger partial charge in [-0.2, -0.15) is 0 Å². The van der Waals surface area contributed by atoms with Crippen LogP contribution in [0.25, 0.3) is 60.9 Å². The Hall–Kier alpha value is -9.96. The molecule has 1 aromatic heterocycles. The zero-order valence-corrected chi connectivity index (χ0v) is 41.8.